The number of amides is 1. The molecule has 0 aliphatic heterocycles. The molecule has 0 unspecified atom stereocenters. The van der Waals surface area contributed by atoms with Crippen LogP contribution in [0.4, 0.5) is 5.69 Å². The van der Waals surface area contributed by atoms with Crippen molar-refractivity contribution in [1.29, 1.82) is 0 Å². The van der Waals surface area contributed by atoms with E-state index in [-0.39, 0.29) is 11.7 Å². The number of nitrogens with zero attached hydrogens (tertiary/aromatic N) is 4. The van der Waals surface area contributed by atoms with Gasteiger partial charge in [-0.2, -0.15) is 0 Å². The van der Waals surface area contributed by atoms with Crippen LogP contribution in [0.25, 0.3) is 15.9 Å². The number of thiophene rings is 1. The Morgan fingerprint density at radius 3 is 2.94 bits per heavy atom. The minimum atomic E-state index is -0.0992. The van der Waals surface area contributed by atoms with Gasteiger partial charge in [0.15, 0.2) is 10.8 Å². The summed E-state index contributed by atoms with van der Waals surface area (Å²) < 4.78 is 7.75. The number of nitrogens with one attached hydrogen (secondary N) is 1. The molecule has 3 heterocycles. The minimum Gasteiger partial charge on any atom is -0.492 e. The largest absolute Gasteiger partial charge is 0.492 e. The first-order chi connectivity index (χ1) is 16.6. The van der Waals surface area contributed by atoms with Crippen LogP contribution in [-0.4, -0.2) is 37.8 Å². The highest BCUT2D eigenvalue weighted by molar-refractivity contribution is 7.99. The van der Waals surface area contributed by atoms with E-state index < -0.39 is 0 Å². The van der Waals surface area contributed by atoms with Crippen molar-refractivity contribution in [2.45, 2.75) is 57.0 Å². The number of carbonyl (C=O) groups excluding carboxylic acids is 1. The average molecular weight is 494 g/mol. The fourth-order valence-corrected chi connectivity index (χ4v) is 6.84. The van der Waals surface area contributed by atoms with Crippen LogP contribution in [-0.2, 0) is 17.6 Å². The number of benzene rings is 1. The molecule has 9 heteroatoms. The number of carbonyl (C=O) groups is 1. The Balaban J connectivity index is 1.30. The summed E-state index contributed by atoms with van der Waals surface area (Å²) in [6, 6.07) is 7.50. The van der Waals surface area contributed by atoms with Crippen molar-refractivity contribution in [1.82, 2.24) is 19.6 Å². The Hall–Kier alpha value is -2.65. The molecule has 0 bridgehead atoms. The molecule has 1 N–H and O–H groups in total. The van der Waals surface area contributed by atoms with Gasteiger partial charge in [-0.1, -0.05) is 30.8 Å². The molecule has 0 spiro atoms. The van der Waals surface area contributed by atoms with Gasteiger partial charge in [0.1, 0.15) is 16.4 Å². The standard InChI is InChI=1S/C25H27N5O2S2/c1-3-32-18-7-5-4-6-17(18)26-20(31)13-33-25-29-28-23-21-16-11-8-14(2)12-19(16)34-24(21)27-22(30(23)25)15-9-10-15/h4-7,14-15H,3,8-13H2,1-2H3,(H,26,31)/t14-/m0/s1. The normalized spacial score (nSPS) is 17.8. The SMILES string of the molecule is CCOc1ccccc1NC(=O)CSc1nnc2c3c4c(sc3nc(C3CC3)n12)C[C@@H](C)CC4. The number of anilines is 1. The Bertz CT molecular complexity index is 1390. The number of para-hydroxylation sites is 2. The summed E-state index contributed by atoms with van der Waals surface area (Å²) >= 11 is 3.25. The topological polar surface area (TPSA) is 81.4 Å². The van der Waals surface area contributed by atoms with E-state index >= 15 is 0 Å². The van der Waals surface area contributed by atoms with Crippen molar-refractivity contribution in [3.63, 3.8) is 0 Å². The molecule has 1 fully saturated rings. The van der Waals surface area contributed by atoms with Crippen molar-refractivity contribution in [3.05, 3.63) is 40.5 Å². The van der Waals surface area contributed by atoms with Gasteiger partial charge in [0.05, 0.1) is 23.4 Å². The van der Waals surface area contributed by atoms with Crippen LogP contribution in [0.5, 0.6) is 5.75 Å². The number of rotatable bonds is 7. The zero-order valence-corrected chi connectivity index (χ0v) is 21.0. The molecule has 176 valence electrons. The molecule has 1 aromatic carbocycles. The van der Waals surface area contributed by atoms with E-state index in [1.807, 2.05) is 42.5 Å². The molecule has 34 heavy (non-hydrogen) atoms. The number of thioether (sulfide) groups is 1. The fourth-order valence-electron chi connectivity index (χ4n) is 4.71. The van der Waals surface area contributed by atoms with Gasteiger partial charge >= 0.3 is 0 Å². The van der Waals surface area contributed by atoms with Gasteiger partial charge in [-0.15, -0.1) is 21.5 Å². The summed E-state index contributed by atoms with van der Waals surface area (Å²) in [7, 11) is 0. The van der Waals surface area contributed by atoms with Crippen LogP contribution in [0.2, 0.25) is 0 Å². The molecular weight excluding hydrogens is 466 g/mol. The lowest BCUT2D eigenvalue weighted by Gasteiger charge is -2.17. The maximum atomic E-state index is 12.8. The molecule has 2 aliphatic rings. The maximum Gasteiger partial charge on any atom is 0.234 e. The van der Waals surface area contributed by atoms with Crippen LogP contribution in [0.15, 0.2) is 29.4 Å². The van der Waals surface area contributed by atoms with Crippen molar-refractivity contribution in [2.75, 3.05) is 17.7 Å². The first-order valence-electron chi connectivity index (χ1n) is 12.0. The lowest BCUT2D eigenvalue weighted by molar-refractivity contribution is -0.113. The molecule has 1 atom stereocenters. The van der Waals surface area contributed by atoms with Crippen molar-refractivity contribution in [3.8, 4) is 5.75 Å². The van der Waals surface area contributed by atoms with E-state index in [0.29, 0.717) is 24.0 Å². The van der Waals surface area contributed by atoms with E-state index in [1.54, 1.807) is 0 Å². The smallest absolute Gasteiger partial charge is 0.234 e. The second-order valence-corrected chi connectivity index (χ2v) is 11.2. The fraction of sp³-hybridized carbons (Fsp3) is 0.440. The summed E-state index contributed by atoms with van der Waals surface area (Å²) in [6.45, 7) is 4.80. The van der Waals surface area contributed by atoms with Gasteiger partial charge in [-0.25, -0.2) is 4.98 Å². The van der Waals surface area contributed by atoms with Crippen molar-refractivity contribution >= 4 is 50.6 Å². The molecule has 0 saturated heterocycles. The highest BCUT2D eigenvalue weighted by atomic mass is 32.2. The molecule has 0 radical (unpaired) electrons. The Morgan fingerprint density at radius 1 is 1.26 bits per heavy atom. The predicted molar refractivity (Wildman–Crippen MR) is 136 cm³/mol. The van der Waals surface area contributed by atoms with Crippen LogP contribution in [0.1, 0.15) is 55.3 Å². The zero-order valence-electron chi connectivity index (χ0n) is 19.3. The van der Waals surface area contributed by atoms with Crippen molar-refractivity contribution in [2.24, 2.45) is 5.92 Å². The van der Waals surface area contributed by atoms with Gasteiger partial charge in [0.2, 0.25) is 5.91 Å². The van der Waals surface area contributed by atoms with Gasteiger partial charge in [0, 0.05) is 10.8 Å². The third kappa shape index (κ3) is 3.94. The molecule has 1 amide bonds. The second-order valence-electron chi connectivity index (χ2n) is 9.18. The lowest BCUT2D eigenvalue weighted by atomic mass is 9.89. The third-order valence-corrected chi connectivity index (χ3v) is 8.61. The van der Waals surface area contributed by atoms with Gasteiger partial charge < -0.3 is 10.1 Å². The van der Waals surface area contributed by atoms with Crippen LogP contribution >= 0.6 is 23.1 Å². The first-order valence-corrected chi connectivity index (χ1v) is 13.8. The average Bonchev–Trinajstić information content (AvgIpc) is 3.49. The molecule has 2 aliphatic carbocycles. The highest BCUT2D eigenvalue weighted by Crippen LogP contribution is 2.44. The molecule has 3 aromatic heterocycles. The molecule has 7 nitrogen and oxygen atoms in total. The van der Waals surface area contributed by atoms with Crippen molar-refractivity contribution < 1.29 is 9.53 Å². The summed E-state index contributed by atoms with van der Waals surface area (Å²) in [5.74, 6) is 3.03. The third-order valence-electron chi connectivity index (χ3n) is 6.53. The highest BCUT2D eigenvalue weighted by Gasteiger charge is 2.32. The number of aromatic nitrogens is 4. The maximum absolute atomic E-state index is 12.8. The molecule has 4 aromatic rings. The van der Waals surface area contributed by atoms with E-state index in [2.05, 4.69) is 26.8 Å². The zero-order chi connectivity index (χ0) is 23.2. The summed E-state index contributed by atoms with van der Waals surface area (Å²) in [4.78, 5) is 20.5. The van der Waals surface area contributed by atoms with Crippen LogP contribution in [0, 0.1) is 5.92 Å². The van der Waals surface area contributed by atoms with E-state index in [1.165, 1.54) is 34.0 Å². The summed E-state index contributed by atoms with van der Waals surface area (Å²) in [5.41, 5.74) is 3.00. The predicted octanol–water partition coefficient (Wildman–Crippen LogP) is 5.47. The van der Waals surface area contributed by atoms with Gasteiger partial charge in [-0.3, -0.25) is 9.20 Å². The molecule has 1 saturated carbocycles. The number of hydrogen-bond donors (Lipinski definition) is 1. The summed E-state index contributed by atoms with van der Waals surface area (Å²) in [5, 5.41) is 14.0. The number of fused-ring (bicyclic) bond motifs is 5. The van der Waals surface area contributed by atoms with Crippen LogP contribution in [0.3, 0.4) is 0 Å². The molecule has 6 rings (SSSR count). The van der Waals surface area contributed by atoms with E-state index in [0.717, 1.165) is 53.1 Å². The van der Waals surface area contributed by atoms with Gasteiger partial charge in [-0.05, 0) is 62.6 Å². The number of hydrogen-bond acceptors (Lipinski definition) is 7. The minimum absolute atomic E-state index is 0.0992. The van der Waals surface area contributed by atoms with E-state index in [9.17, 15) is 4.79 Å². The Labute approximate surface area is 206 Å². The Morgan fingerprint density at radius 2 is 2.12 bits per heavy atom. The number of ether oxygens (including phenoxy) is 1. The molecular formula is C25H27N5O2S2. The Kier molecular flexibility index (Phi) is 5.69. The number of aryl methyl sites for hydroxylation is 1. The quantitative estimate of drug-likeness (QED) is 0.344. The monoisotopic (exact) mass is 493 g/mol. The lowest BCUT2D eigenvalue weighted by Crippen LogP contribution is -2.15. The van der Waals surface area contributed by atoms with Gasteiger partial charge in [0.25, 0.3) is 0 Å². The van der Waals surface area contributed by atoms with Crippen LogP contribution < -0.4 is 10.1 Å². The first kappa shape index (κ1) is 21.9. The summed E-state index contributed by atoms with van der Waals surface area (Å²) in [6.07, 6.45) is 5.70. The van der Waals surface area contributed by atoms with E-state index in [4.69, 9.17) is 9.72 Å². The second kappa shape index (κ2) is 8.85.